The van der Waals surface area contributed by atoms with Crippen LogP contribution in [0.2, 0.25) is 0 Å². The van der Waals surface area contributed by atoms with Crippen LogP contribution in [0.25, 0.3) is 22.6 Å². The molecule has 1 aliphatic rings. The first-order valence-electron chi connectivity index (χ1n) is 9.57. The first-order chi connectivity index (χ1) is 14.3. The number of nitrogens with one attached hydrogen (secondary N) is 1. The summed E-state index contributed by atoms with van der Waals surface area (Å²) in [5.41, 5.74) is 2.97. The Morgan fingerprint density at radius 1 is 1.28 bits per heavy atom. The molecule has 4 aromatic rings. The summed E-state index contributed by atoms with van der Waals surface area (Å²) in [5, 5.41) is 4.00. The lowest BCUT2D eigenvalue weighted by Crippen LogP contribution is -2.40. The number of aromatic nitrogens is 6. The number of fused-ring (bicyclic) bond motifs is 1. The van der Waals surface area contributed by atoms with E-state index in [2.05, 4.69) is 30.1 Å². The van der Waals surface area contributed by atoms with Crippen LogP contribution in [-0.4, -0.2) is 54.0 Å². The standard InChI is InChI=1S/C20H19N7O2/c28-20(14-3-4-15-16(9-14)24-12-23-15)27-7-1-2-13(11-27)8-18-25-19(26-29-18)17-10-21-5-6-22-17/h3-6,9-10,12-13H,1-2,7-8,11H2,(H,23,24). The third-order valence-electron chi connectivity index (χ3n) is 5.20. The maximum Gasteiger partial charge on any atom is 0.253 e. The summed E-state index contributed by atoms with van der Waals surface area (Å²) in [6.07, 6.45) is 9.04. The van der Waals surface area contributed by atoms with Crippen molar-refractivity contribution >= 4 is 16.9 Å². The molecule has 3 aromatic heterocycles. The summed E-state index contributed by atoms with van der Waals surface area (Å²) in [4.78, 5) is 34.8. The molecule has 1 N–H and O–H groups in total. The number of rotatable bonds is 4. The van der Waals surface area contributed by atoms with Crippen molar-refractivity contribution in [2.75, 3.05) is 13.1 Å². The molecule has 5 rings (SSSR count). The highest BCUT2D eigenvalue weighted by molar-refractivity contribution is 5.97. The minimum Gasteiger partial charge on any atom is -0.345 e. The molecule has 1 unspecified atom stereocenters. The normalized spacial score (nSPS) is 17.0. The Balaban J connectivity index is 1.27. The highest BCUT2D eigenvalue weighted by Crippen LogP contribution is 2.23. The number of H-pyrrole nitrogens is 1. The SMILES string of the molecule is O=C(c1ccc2nc[nH]c2c1)N1CCCC(Cc2nc(-c3cnccn3)no2)C1. The van der Waals surface area contributed by atoms with Crippen LogP contribution in [0.4, 0.5) is 0 Å². The lowest BCUT2D eigenvalue weighted by atomic mass is 9.94. The van der Waals surface area contributed by atoms with E-state index >= 15 is 0 Å². The van der Waals surface area contributed by atoms with E-state index in [-0.39, 0.29) is 11.8 Å². The quantitative estimate of drug-likeness (QED) is 0.570. The second-order valence-corrected chi connectivity index (χ2v) is 7.20. The van der Waals surface area contributed by atoms with Crippen molar-refractivity contribution in [1.82, 2.24) is 35.0 Å². The van der Waals surface area contributed by atoms with Crippen LogP contribution in [0, 0.1) is 5.92 Å². The van der Waals surface area contributed by atoms with Gasteiger partial charge < -0.3 is 14.4 Å². The van der Waals surface area contributed by atoms with Crippen LogP contribution in [0.15, 0.2) is 47.6 Å². The van der Waals surface area contributed by atoms with Crippen LogP contribution in [0.3, 0.4) is 0 Å². The van der Waals surface area contributed by atoms with E-state index in [0.29, 0.717) is 35.9 Å². The second-order valence-electron chi connectivity index (χ2n) is 7.20. The molecular formula is C20H19N7O2. The van der Waals surface area contributed by atoms with Crippen LogP contribution < -0.4 is 0 Å². The molecule has 9 heteroatoms. The summed E-state index contributed by atoms with van der Waals surface area (Å²) in [6.45, 7) is 1.42. The van der Waals surface area contributed by atoms with Crippen LogP contribution in [-0.2, 0) is 6.42 Å². The number of piperidine rings is 1. The number of amides is 1. The second kappa shape index (κ2) is 7.42. The molecule has 0 bridgehead atoms. The number of likely N-dealkylation sites (tertiary alicyclic amines) is 1. The maximum absolute atomic E-state index is 13.0. The molecule has 0 spiro atoms. The van der Waals surface area contributed by atoms with Gasteiger partial charge in [0.2, 0.25) is 11.7 Å². The van der Waals surface area contributed by atoms with Crippen LogP contribution in [0.1, 0.15) is 29.1 Å². The summed E-state index contributed by atoms with van der Waals surface area (Å²) in [7, 11) is 0. The van der Waals surface area contributed by atoms with Gasteiger partial charge >= 0.3 is 0 Å². The first-order valence-corrected chi connectivity index (χ1v) is 9.57. The fourth-order valence-electron chi connectivity index (χ4n) is 3.77. The van der Waals surface area contributed by atoms with Crippen molar-refractivity contribution in [3.63, 3.8) is 0 Å². The predicted octanol–water partition coefficient (Wildman–Crippen LogP) is 2.50. The number of nitrogens with zero attached hydrogens (tertiary/aromatic N) is 6. The molecule has 1 atom stereocenters. The third-order valence-corrected chi connectivity index (χ3v) is 5.20. The largest absolute Gasteiger partial charge is 0.345 e. The van der Waals surface area contributed by atoms with Gasteiger partial charge in [0, 0.05) is 37.5 Å². The van der Waals surface area contributed by atoms with Crippen molar-refractivity contribution in [3.8, 4) is 11.5 Å². The highest BCUT2D eigenvalue weighted by atomic mass is 16.5. The molecule has 29 heavy (non-hydrogen) atoms. The van der Waals surface area contributed by atoms with E-state index in [1.807, 2.05) is 23.1 Å². The van der Waals surface area contributed by atoms with Crippen molar-refractivity contribution in [1.29, 1.82) is 0 Å². The van der Waals surface area contributed by atoms with Gasteiger partial charge in [-0.3, -0.25) is 9.78 Å². The zero-order valence-electron chi connectivity index (χ0n) is 15.7. The van der Waals surface area contributed by atoms with E-state index in [0.717, 1.165) is 30.4 Å². The molecule has 4 heterocycles. The number of carbonyl (C=O) groups excluding carboxylic acids is 1. The van der Waals surface area contributed by atoms with Crippen molar-refractivity contribution in [3.05, 3.63) is 54.6 Å². The molecule has 9 nitrogen and oxygen atoms in total. The van der Waals surface area contributed by atoms with Gasteiger partial charge in [-0.1, -0.05) is 5.16 Å². The number of imidazole rings is 1. The molecule has 146 valence electrons. The lowest BCUT2D eigenvalue weighted by Gasteiger charge is -2.32. The topological polar surface area (TPSA) is 114 Å². The molecule has 0 radical (unpaired) electrons. The molecule has 1 saturated heterocycles. The predicted molar refractivity (Wildman–Crippen MR) is 104 cm³/mol. The Morgan fingerprint density at radius 3 is 3.14 bits per heavy atom. The monoisotopic (exact) mass is 389 g/mol. The Labute approximate surface area is 166 Å². The number of carbonyl (C=O) groups is 1. The smallest absolute Gasteiger partial charge is 0.253 e. The van der Waals surface area contributed by atoms with E-state index in [4.69, 9.17) is 4.52 Å². The van der Waals surface area contributed by atoms with Crippen molar-refractivity contribution in [2.24, 2.45) is 5.92 Å². The molecule has 0 aliphatic carbocycles. The number of hydrogen-bond donors (Lipinski definition) is 1. The average Bonchev–Trinajstić information content (AvgIpc) is 3.43. The Morgan fingerprint density at radius 2 is 2.24 bits per heavy atom. The zero-order chi connectivity index (χ0) is 19.6. The molecular weight excluding hydrogens is 370 g/mol. The van der Waals surface area contributed by atoms with Crippen LogP contribution in [0.5, 0.6) is 0 Å². The number of hydrogen-bond acceptors (Lipinski definition) is 7. The number of benzene rings is 1. The molecule has 1 fully saturated rings. The Bertz CT molecular complexity index is 1140. The lowest BCUT2D eigenvalue weighted by molar-refractivity contribution is 0.0668. The highest BCUT2D eigenvalue weighted by Gasteiger charge is 2.26. The summed E-state index contributed by atoms with van der Waals surface area (Å²) >= 11 is 0. The van der Waals surface area contributed by atoms with Gasteiger partial charge in [0.25, 0.3) is 5.91 Å². The van der Waals surface area contributed by atoms with Crippen molar-refractivity contribution < 1.29 is 9.32 Å². The minimum absolute atomic E-state index is 0.0389. The summed E-state index contributed by atoms with van der Waals surface area (Å²) in [5.74, 6) is 1.31. The van der Waals surface area contributed by atoms with Crippen molar-refractivity contribution in [2.45, 2.75) is 19.3 Å². The minimum atomic E-state index is 0.0389. The molecule has 1 aliphatic heterocycles. The van der Waals surface area contributed by atoms with Gasteiger partial charge in [-0.25, -0.2) is 9.97 Å². The van der Waals surface area contributed by atoms with E-state index < -0.39 is 0 Å². The van der Waals surface area contributed by atoms with E-state index in [1.54, 1.807) is 24.9 Å². The van der Waals surface area contributed by atoms with Gasteiger partial charge in [-0.2, -0.15) is 4.98 Å². The van der Waals surface area contributed by atoms with E-state index in [9.17, 15) is 4.79 Å². The summed E-state index contributed by atoms with van der Waals surface area (Å²) < 4.78 is 5.40. The maximum atomic E-state index is 13.0. The first kappa shape index (κ1) is 17.5. The van der Waals surface area contributed by atoms with E-state index in [1.165, 1.54) is 0 Å². The van der Waals surface area contributed by atoms with Gasteiger partial charge in [-0.15, -0.1) is 0 Å². The van der Waals surface area contributed by atoms with Gasteiger partial charge in [0.1, 0.15) is 5.69 Å². The average molecular weight is 389 g/mol. The zero-order valence-corrected chi connectivity index (χ0v) is 15.7. The molecule has 0 saturated carbocycles. The fraction of sp³-hybridized carbons (Fsp3) is 0.300. The van der Waals surface area contributed by atoms with Gasteiger partial charge in [0.05, 0.1) is 23.6 Å². The third kappa shape index (κ3) is 3.58. The Kier molecular flexibility index (Phi) is 4.47. The molecule has 1 amide bonds. The summed E-state index contributed by atoms with van der Waals surface area (Å²) in [6, 6.07) is 5.56. The van der Waals surface area contributed by atoms with Crippen LogP contribution >= 0.6 is 0 Å². The number of aromatic amines is 1. The molecule has 1 aromatic carbocycles. The fourth-order valence-corrected chi connectivity index (χ4v) is 3.77. The van der Waals surface area contributed by atoms with Gasteiger partial charge in [-0.05, 0) is 37.0 Å². The van der Waals surface area contributed by atoms with Gasteiger partial charge in [0.15, 0.2) is 0 Å². The Hall–Kier alpha value is -3.62.